The Bertz CT molecular complexity index is 1020. The summed E-state index contributed by atoms with van der Waals surface area (Å²) >= 11 is 0. The van der Waals surface area contributed by atoms with E-state index in [0.29, 0.717) is 24.1 Å². The van der Waals surface area contributed by atoms with Crippen molar-refractivity contribution in [2.75, 3.05) is 14.2 Å². The largest absolute Gasteiger partial charge is 0.493 e. The molecule has 5 heteroatoms. The number of fused-ring (bicyclic) bond motifs is 1. The van der Waals surface area contributed by atoms with Gasteiger partial charge in [-0.05, 0) is 59.7 Å². The van der Waals surface area contributed by atoms with Crippen LogP contribution in [-0.4, -0.2) is 36.1 Å². The van der Waals surface area contributed by atoms with E-state index in [9.17, 15) is 4.79 Å². The lowest BCUT2D eigenvalue weighted by molar-refractivity contribution is -0.127. The van der Waals surface area contributed by atoms with Crippen LogP contribution in [0, 0.1) is 0 Å². The number of aromatic amines is 1. The zero-order valence-corrected chi connectivity index (χ0v) is 16.1. The fourth-order valence-corrected chi connectivity index (χ4v) is 3.38. The maximum atomic E-state index is 12.9. The minimum atomic E-state index is 0.0314. The van der Waals surface area contributed by atoms with Crippen LogP contribution in [0.4, 0.5) is 0 Å². The topological polar surface area (TPSA) is 54.6 Å². The molecule has 4 rings (SSSR count). The zero-order chi connectivity index (χ0) is 19.5. The van der Waals surface area contributed by atoms with E-state index in [-0.39, 0.29) is 5.91 Å². The third kappa shape index (κ3) is 3.88. The molecule has 0 spiro atoms. The van der Waals surface area contributed by atoms with Crippen LogP contribution in [0.25, 0.3) is 17.0 Å². The number of nitrogens with zero attached hydrogens (tertiary/aromatic N) is 1. The summed E-state index contributed by atoms with van der Waals surface area (Å²) < 4.78 is 10.6. The van der Waals surface area contributed by atoms with Gasteiger partial charge in [0.05, 0.1) is 14.2 Å². The molecule has 0 aliphatic heterocycles. The molecule has 1 N–H and O–H groups in total. The summed E-state index contributed by atoms with van der Waals surface area (Å²) in [6.07, 6.45) is 7.55. The van der Waals surface area contributed by atoms with E-state index < -0.39 is 0 Å². The van der Waals surface area contributed by atoms with Crippen LogP contribution in [0.1, 0.15) is 24.0 Å². The summed E-state index contributed by atoms with van der Waals surface area (Å²) in [5, 5.41) is 1.18. The van der Waals surface area contributed by atoms with Gasteiger partial charge in [-0.25, -0.2) is 0 Å². The molecule has 0 unspecified atom stereocenters. The van der Waals surface area contributed by atoms with Gasteiger partial charge in [0.1, 0.15) is 0 Å². The van der Waals surface area contributed by atoms with Gasteiger partial charge in [0.15, 0.2) is 11.5 Å². The number of rotatable bonds is 7. The normalized spacial score (nSPS) is 13.8. The molecule has 0 atom stereocenters. The molecule has 1 fully saturated rings. The van der Waals surface area contributed by atoms with E-state index in [0.717, 1.165) is 29.5 Å². The molecule has 0 bridgehead atoms. The molecule has 1 amide bonds. The Morgan fingerprint density at radius 1 is 1.11 bits per heavy atom. The fraction of sp³-hybridized carbons (Fsp3) is 0.261. The molecule has 1 aliphatic carbocycles. The van der Waals surface area contributed by atoms with Crippen LogP contribution in [-0.2, 0) is 11.3 Å². The van der Waals surface area contributed by atoms with Crippen molar-refractivity contribution in [2.24, 2.45) is 0 Å². The van der Waals surface area contributed by atoms with E-state index in [1.807, 2.05) is 35.4 Å². The monoisotopic (exact) mass is 376 g/mol. The summed E-state index contributed by atoms with van der Waals surface area (Å²) in [7, 11) is 3.21. The zero-order valence-electron chi connectivity index (χ0n) is 16.1. The highest BCUT2D eigenvalue weighted by molar-refractivity contribution is 5.92. The first kappa shape index (κ1) is 18.2. The number of amides is 1. The molecule has 1 aliphatic rings. The van der Waals surface area contributed by atoms with Gasteiger partial charge >= 0.3 is 0 Å². The van der Waals surface area contributed by atoms with Gasteiger partial charge < -0.3 is 19.4 Å². The van der Waals surface area contributed by atoms with Crippen LogP contribution in [0.3, 0.4) is 0 Å². The number of benzene rings is 2. The van der Waals surface area contributed by atoms with Gasteiger partial charge in [-0.2, -0.15) is 0 Å². The minimum absolute atomic E-state index is 0.0314. The molecule has 3 aromatic rings. The average Bonchev–Trinajstić information content (AvgIpc) is 3.46. The summed E-state index contributed by atoms with van der Waals surface area (Å²) in [6, 6.07) is 14.3. The predicted molar refractivity (Wildman–Crippen MR) is 110 cm³/mol. The Kier molecular flexibility index (Phi) is 5.06. The first-order valence-electron chi connectivity index (χ1n) is 9.44. The summed E-state index contributed by atoms with van der Waals surface area (Å²) in [6.45, 7) is 0.620. The van der Waals surface area contributed by atoms with Crippen LogP contribution in [0.5, 0.6) is 11.5 Å². The van der Waals surface area contributed by atoms with Crippen LogP contribution >= 0.6 is 0 Å². The lowest BCUT2D eigenvalue weighted by Gasteiger charge is -2.21. The number of H-pyrrole nitrogens is 1. The van der Waals surface area contributed by atoms with Crippen LogP contribution in [0.2, 0.25) is 0 Å². The van der Waals surface area contributed by atoms with E-state index in [1.165, 1.54) is 5.39 Å². The third-order valence-corrected chi connectivity index (χ3v) is 5.07. The number of ether oxygens (including phenoxy) is 2. The summed E-state index contributed by atoms with van der Waals surface area (Å²) in [5.41, 5.74) is 3.13. The second-order valence-corrected chi connectivity index (χ2v) is 7.04. The van der Waals surface area contributed by atoms with Crippen molar-refractivity contribution in [3.63, 3.8) is 0 Å². The highest BCUT2D eigenvalue weighted by atomic mass is 16.5. The van der Waals surface area contributed by atoms with Gasteiger partial charge in [-0.15, -0.1) is 0 Å². The van der Waals surface area contributed by atoms with Crippen molar-refractivity contribution in [1.82, 2.24) is 9.88 Å². The van der Waals surface area contributed by atoms with Crippen molar-refractivity contribution < 1.29 is 14.3 Å². The van der Waals surface area contributed by atoms with Crippen LogP contribution in [0.15, 0.2) is 54.7 Å². The molecule has 1 aromatic heterocycles. The van der Waals surface area contributed by atoms with Gasteiger partial charge in [-0.3, -0.25) is 4.79 Å². The summed E-state index contributed by atoms with van der Waals surface area (Å²) in [5.74, 6) is 1.35. The highest BCUT2D eigenvalue weighted by Crippen LogP contribution is 2.30. The number of carbonyl (C=O) groups excluding carboxylic acids is 1. The van der Waals surface area contributed by atoms with Gasteiger partial charge in [0.25, 0.3) is 0 Å². The quantitative estimate of drug-likeness (QED) is 0.622. The molecule has 2 aromatic carbocycles. The maximum Gasteiger partial charge on any atom is 0.247 e. The van der Waals surface area contributed by atoms with E-state index in [1.54, 1.807) is 20.3 Å². The lowest BCUT2D eigenvalue weighted by Crippen LogP contribution is -2.31. The Hall–Kier alpha value is -3.21. The van der Waals surface area contributed by atoms with E-state index in [4.69, 9.17) is 9.47 Å². The SMILES string of the molecule is COc1ccc(C=CC(=O)N(Cc2ccc3cc[nH]c3c2)C2CC2)cc1OC. The minimum Gasteiger partial charge on any atom is -0.493 e. The second-order valence-electron chi connectivity index (χ2n) is 7.04. The smallest absolute Gasteiger partial charge is 0.247 e. The molecule has 1 saturated carbocycles. The number of hydrogen-bond acceptors (Lipinski definition) is 3. The van der Waals surface area contributed by atoms with E-state index >= 15 is 0 Å². The Balaban J connectivity index is 1.50. The summed E-state index contributed by atoms with van der Waals surface area (Å²) in [4.78, 5) is 18.1. The molecule has 1 heterocycles. The van der Waals surface area contributed by atoms with Crippen molar-refractivity contribution in [3.8, 4) is 11.5 Å². The predicted octanol–water partition coefficient (Wildman–Crippen LogP) is 4.39. The number of hydrogen-bond donors (Lipinski definition) is 1. The molecule has 28 heavy (non-hydrogen) atoms. The number of aromatic nitrogens is 1. The third-order valence-electron chi connectivity index (χ3n) is 5.07. The first-order valence-corrected chi connectivity index (χ1v) is 9.44. The van der Waals surface area contributed by atoms with Gasteiger partial charge in [-0.1, -0.05) is 18.2 Å². The van der Waals surface area contributed by atoms with Crippen molar-refractivity contribution >= 4 is 22.9 Å². The van der Waals surface area contributed by atoms with Crippen LogP contribution < -0.4 is 9.47 Å². The molecule has 0 saturated heterocycles. The van der Waals surface area contributed by atoms with Gasteiger partial charge in [0, 0.05) is 30.4 Å². The molecule has 0 radical (unpaired) electrons. The van der Waals surface area contributed by atoms with Crippen molar-refractivity contribution in [3.05, 3.63) is 65.9 Å². The Morgan fingerprint density at radius 3 is 2.68 bits per heavy atom. The number of nitrogens with one attached hydrogen (secondary N) is 1. The Morgan fingerprint density at radius 2 is 1.93 bits per heavy atom. The lowest BCUT2D eigenvalue weighted by atomic mass is 10.1. The molecule has 144 valence electrons. The number of methoxy groups -OCH3 is 2. The molecular weight excluding hydrogens is 352 g/mol. The highest BCUT2D eigenvalue weighted by Gasteiger charge is 2.31. The average molecular weight is 376 g/mol. The molecular formula is C23H24N2O3. The second kappa shape index (κ2) is 7.80. The standard InChI is InChI=1S/C23H24N2O3/c1-27-21-9-4-16(14-22(21)28-2)5-10-23(26)25(19-7-8-19)15-17-3-6-18-11-12-24-20(18)13-17/h3-6,9-14,19,24H,7-8,15H2,1-2H3. The van der Waals surface area contributed by atoms with E-state index in [2.05, 4.69) is 29.2 Å². The maximum absolute atomic E-state index is 12.9. The van der Waals surface area contributed by atoms with Crippen molar-refractivity contribution in [2.45, 2.75) is 25.4 Å². The van der Waals surface area contributed by atoms with Crippen molar-refractivity contribution in [1.29, 1.82) is 0 Å². The molecule has 5 nitrogen and oxygen atoms in total. The fourth-order valence-electron chi connectivity index (χ4n) is 3.38. The Labute approximate surface area is 164 Å². The first-order chi connectivity index (χ1) is 13.7. The number of carbonyl (C=O) groups is 1. The van der Waals surface area contributed by atoms with Gasteiger partial charge in [0.2, 0.25) is 5.91 Å².